The van der Waals surface area contributed by atoms with Crippen molar-refractivity contribution in [3.05, 3.63) is 58.4 Å². The molecule has 2 fully saturated rings. The maximum atomic E-state index is 13.7. The Labute approximate surface area is 200 Å². The molecule has 0 spiro atoms. The summed E-state index contributed by atoms with van der Waals surface area (Å²) < 4.78 is 67.5. The molecule has 0 aliphatic heterocycles. The summed E-state index contributed by atoms with van der Waals surface area (Å²) in [5.41, 5.74) is -1.58. The first-order chi connectivity index (χ1) is 15.8. The van der Waals surface area contributed by atoms with E-state index in [1.165, 1.54) is 12.1 Å². The Hall–Kier alpha value is -2.14. The number of nitrogens with one attached hydrogen (secondary N) is 1. The van der Waals surface area contributed by atoms with Gasteiger partial charge in [0, 0.05) is 35.8 Å². The molecule has 11 heteroatoms. The molecule has 2 N–H and O–H groups in total. The highest BCUT2D eigenvalue weighted by atomic mass is 35.5. The number of hydrogen-bond donors (Lipinski definition) is 2. The van der Waals surface area contributed by atoms with Crippen LogP contribution in [0, 0.1) is 29.3 Å². The predicted molar refractivity (Wildman–Crippen MR) is 121 cm³/mol. The summed E-state index contributed by atoms with van der Waals surface area (Å²) in [4.78, 5) is 14.2. The second-order valence-corrected chi connectivity index (χ2v) is 11.8. The lowest BCUT2D eigenvalue weighted by molar-refractivity contribution is -0.0314. The van der Waals surface area contributed by atoms with Gasteiger partial charge < -0.3 is 15.3 Å². The highest BCUT2D eigenvalue weighted by Gasteiger charge is 2.61. The molecule has 1 amide bonds. The summed E-state index contributed by atoms with van der Waals surface area (Å²) in [6.45, 7) is 0.334. The van der Waals surface area contributed by atoms with Gasteiger partial charge in [-0.05, 0) is 57.5 Å². The number of fused-ring (bicyclic) bond motifs is 2. The van der Waals surface area contributed by atoms with Gasteiger partial charge in [0.1, 0.15) is 0 Å². The third-order valence-corrected chi connectivity index (χ3v) is 9.53. The van der Waals surface area contributed by atoms with Crippen LogP contribution in [0.2, 0.25) is 5.02 Å². The SMILES string of the molecule is CN(C)C[C@@]1(O)CC2CCC1[C@@H]2S(=O)(=O)c1cc(C(=O)Nc2cc(F)c(F)c(F)c2)ccc1Cl. The minimum atomic E-state index is -4.02. The normalized spacial score (nSPS) is 26.3. The maximum Gasteiger partial charge on any atom is 0.255 e. The van der Waals surface area contributed by atoms with Crippen LogP contribution < -0.4 is 5.32 Å². The molecule has 34 heavy (non-hydrogen) atoms. The lowest BCUT2D eigenvalue weighted by Gasteiger charge is -2.35. The van der Waals surface area contributed by atoms with Gasteiger partial charge in [-0.2, -0.15) is 0 Å². The van der Waals surface area contributed by atoms with E-state index in [0.717, 1.165) is 6.07 Å². The van der Waals surface area contributed by atoms with Crippen LogP contribution >= 0.6 is 11.6 Å². The Balaban J connectivity index is 1.64. The molecule has 0 saturated heterocycles. The average Bonchev–Trinajstić information content (AvgIpc) is 3.27. The third kappa shape index (κ3) is 4.32. The fourth-order valence-corrected chi connectivity index (χ4v) is 8.41. The van der Waals surface area contributed by atoms with Crippen LogP contribution in [-0.2, 0) is 9.84 Å². The van der Waals surface area contributed by atoms with Gasteiger partial charge in [0.2, 0.25) is 0 Å². The zero-order valence-electron chi connectivity index (χ0n) is 18.5. The Morgan fingerprint density at radius 3 is 2.44 bits per heavy atom. The zero-order chi connectivity index (χ0) is 25.0. The zero-order valence-corrected chi connectivity index (χ0v) is 20.1. The van der Waals surface area contributed by atoms with Crippen molar-refractivity contribution in [3.63, 3.8) is 0 Å². The molecule has 2 bridgehead atoms. The molecule has 4 rings (SSSR count). The number of carbonyl (C=O) groups is 1. The molecule has 2 unspecified atom stereocenters. The van der Waals surface area contributed by atoms with Crippen molar-refractivity contribution in [1.82, 2.24) is 4.90 Å². The summed E-state index contributed by atoms with van der Waals surface area (Å²) in [6.07, 6.45) is 1.60. The van der Waals surface area contributed by atoms with Gasteiger partial charge >= 0.3 is 0 Å². The number of sulfone groups is 1. The Bertz CT molecular complexity index is 1230. The largest absolute Gasteiger partial charge is 0.388 e. The van der Waals surface area contributed by atoms with E-state index in [0.29, 0.717) is 37.9 Å². The van der Waals surface area contributed by atoms with Crippen molar-refractivity contribution in [3.8, 4) is 0 Å². The average molecular weight is 517 g/mol. The number of aliphatic hydroxyl groups is 1. The van der Waals surface area contributed by atoms with Crippen LogP contribution in [-0.4, -0.2) is 55.8 Å². The van der Waals surface area contributed by atoms with Gasteiger partial charge in [0.05, 0.1) is 20.8 Å². The second kappa shape index (κ2) is 8.82. The van der Waals surface area contributed by atoms with Crippen LogP contribution in [0.25, 0.3) is 0 Å². The van der Waals surface area contributed by atoms with E-state index < -0.39 is 50.0 Å². The highest BCUT2D eigenvalue weighted by Crippen LogP contribution is 2.55. The van der Waals surface area contributed by atoms with E-state index in [9.17, 15) is 31.5 Å². The molecule has 4 atom stereocenters. The van der Waals surface area contributed by atoms with Crippen LogP contribution in [0.3, 0.4) is 0 Å². The molecule has 2 aliphatic carbocycles. The van der Waals surface area contributed by atoms with Crippen molar-refractivity contribution in [2.45, 2.75) is 35.0 Å². The Kier molecular flexibility index (Phi) is 6.48. The van der Waals surface area contributed by atoms with Gasteiger partial charge in [0.15, 0.2) is 27.3 Å². The molecule has 6 nitrogen and oxygen atoms in total. The number of carbonyl (C=O) groups excluding carboxylic acids is 1. The van der Waals surface area contributed by atoms with Crippen molar-refractivity contribution >= 4 is 33.0 Å². The molecule has 2 aromatic carbocycles. The summed E-state index contributed by atoms with van der Waals surface area (Å²) >= 11 is 6.23. The quantitative estimate of drug-likeness (QED) is 0.569. The summed E-state index contributed by atoms with van der Waals surface area (Å²) in [6, 6.07) is 4.89. The van der Waals surface area contributed by atoms with Gasteiger partial charge in [0.25, 0.3) is 5.91 Å². The lowest BCUT2D eigenvalue weighted by Crippen LogP contribution is -2.46. The molecular formula is C23H24ClF3N2O4S. The van der Waals surface area contributed by atoms with Crippen LogP contribution in [0.5, 0.6) is 0 Å². The van der Waals surface area contributed by atoms with Crippen molar-refractivity contribution < 1.29 is 31.5 Å². The number of anilines is 1. The second-order valence-electron chi connectivity index (χ2n) is 9.35. The minimum absolute atomic E-state index is 0.0714. The van der Waals surface area contributed by atoms with Crippen molar-refractivity contribution in [2.75, 3.05) is 26.0 Å². The molecule has 0 radical (unpaired) electrons. The monoisotopic (exact) mass is 516 g/mol. The van der Waals surface area contributed by atoms with E-state index in [2.05, 4.69) is 5.32 Å². The topological polar surface area (TPSA) is 86.7 Å². The highest BCUT2D eigenvalue weighted by molar-refractivity contribution is 7.92. The molecule has 184 valence electrons. The predicted octanol–water partition coefficient (Wildman–Crippen LogP) is 3.87. The summed E-state index contributed by atoms with van der Waals surface area (Å²) in [7, 11) is -0.398. The number of rotatable bonds is 6. The molecule has 0 aromatic heterocycles. The number of amides is 1. The molecule has 2 aromatic rings. The number of likely N-dealkylation sites (N-methyl/N-ethyl adjacent to an activating group) is 1. The number of nitrogens with zero attached hydrogens (tertiary/aromatic N) is 1. The van der Waals surface area contributed by atoms with Crippen LogP contribution in [0.4, 0.5) is 18.9 Å². The number of benzene rings is 2. The smallest absolute Gasteiger partial charge is 0.255 e. The van der Waals surface area contributed by atoms with E-state index in [1.807, 2.05) is 19.0 Å². The molecular weight excluding hydrogens is 493 g/mol. The van der Waals surface area contributed by atoms with Crippen molar-refractivity contribution in [1.29, 1.82) is 0 Å². The van der Waals surface area contributed by atoms with Gasteiger partial charge in [-0.25, -0.2) is 21.6 Å². The molecule has 0 heterocycles. The Morgan fingerprint density at radius 1 is 1.18 bits per heavy atom. The summed E-state index contributed by atoms with van der Waals surface area (Å²) in [5.74, 6) is -6.18. The maximum absolute atomic E-state index is 13.7. The first kappa shape index (κ1) is 25.0. The van der Waals surface area contributed by atoms with E-state index in [-0.39, 0.29) is 27.1 Å². The lowest BCUT2D eigenvalue weighted by atomic mass is 9.84. The molecule has 2 aliphatic rings. The standard InChI is InChI=1S/C23H24ClF3N2O4S/c1-29(2)11-23(31)10-13-3-5-15(23)21(13)34(32,33)19-7-12(4-6-16(19)24)22(30)28-14-8-17(25)20(27)18(26)9-14/h4,6-9,13,15,21,31H,3,5,10-11H2,1-2H3,(H,28,30)/t13?,15?,21-,23+/m1/s1. The minimum Gasteiger partial charge on any atom is -0.388 e. The van der Waals surface area contributed by atoms with E-state index in [4.69, 9.17) is 11.6 Å². The third-order valence-electron chi connectivity index (χ3n) is 6.71. The Morgan fingerprint density at radius 2 is 1.82 bits per heavy atom. The number of hydrogen-bond acceptors (Lipinski definition) is 5. The van der Waals surface area contributed by atoms with E-state index >= 15 is 0 Å². The first-order valence-corrected chi connectivity index (χ1v) is 12.6. The fourth-order valence-electron chi connectivity index (χ4n) is 5.49. The first-order valence-electron chi connectivity index (χ1n) is 10.7. The van der Waals surface area contributed by atoms with E-state index in [1.54, 1.807) is 0 Å². The molecule has 2 saturated carbocycles. The van der Waals surface area contributed by atoms with Gasteiger partial charge in [-0.1, -0.05) is 11.6 Å². The van der Waals surface area contributed by atoms with Gasteiger partial charge in [-0.3, -0.25) is 4.79 Å². The number of halogens is 4. The van der Waals surface area contributed by atoms with Crippen LogP contribution in [0.15, 0.2) is 35.2 Å². The van der Waals surface area contributed by atoms with Crippen LogP contribution in [0.1, 0.15) is 29.6 Å². The summed E-state index contributed by atoms with van der Waals surface area (Å²) in [5, 5.41) is 12.5. The van der Waals surface area contributed by atoms with Gasteiger partial charge in [-0.15, -0.1) is 0 Å². The fraction of sp³-hybridized carbons (Fsp3) is 0.435. The van der Waals surface area contributed by atoms with Crippen molar-refractivity contribution in [2.24, 2.45) is 11.8 Å².